The molecule has 0 aliphatic rings. The molecule has 2 rings (SSSR count). The molecule has 0 saturated carbocycles. The van der Waals surface area contributed by atoms with Crippen LogP contribution in [0.4, 0.5) is 5.82 Å². The molecule has 0 saturated heterocycles. The maximum absolute atomic E-state index is 9.63. The highest BCUT2D eigenvalue weighted by atomic mass is 16.3. The first-order valence-corrected chi connectivity index (χ1v) is 7.22. The Labute approximate surface area is 126 Å². The standard InChI is InChI=1S/C17H23N3O/c1-12-8-13(2)19-17(16(12)10-18)20-15(11-21)9-14-6-4-3-5-7-14/h3-8,15,21H,9-11,18H2,1-2H3,(H,19,20). The minimum atomic E-state index is -0.0774. The van der Waals surface area contributed by atoms with E-state index in [0.29, 0.717) is 6.54 Å². The first-order chi connectivity index (χ1) is 10.1. The molecule has 0 fully saturated rings. The summed E-state index contributed by atoms with van der Waals surface area (Å²) in [5.41, 5.74) is 10.1. The fourth-order valence-corrected chi connectivity index (χ4v) is 2.49. The number of rotatable bonds is 6. The van der Waals surface area contributed by atoms with Crippen molar-refractivity contribution in [1.82, 2.24) is 4.98 Å². The zero-order valence-corrected chi connectivity index (χ0v) is 12.6. The first kappa shape index (κ1) is 15.5. The second-order valence-corrected chi connectivity index (χ2v) is 5.33. The highest BCUT2D eigenvalue weighted by Gasteiger charge is 2.13. The third-order valence-electron chi connectivity index (χ3n) is 3.57. The normalized spacial score (nSPS) is 12.2. The molecule has 4 N–H and O–H groups in total. The molecule has 0 bridgehead atoms. The molecule has 0 aliphatic carbocycles. The number of anilines is 1. The Bertz CT molecular complexity index is 584. The quantitative estimate of drug-likeness (QED) is 0.760. The second kappa shape index (κ2) is 7.20. The largest absolute Gasteiger partial charge is 0.394 e. The Morgan fingerprint density at radius 3 is 2.57 bits per heavy atom. The Morgan fingerprint density at radius 1 is 1.24 bits per heavy atom. The molecule has 1 unspecified atom stereocenters. The van der Waals surface area contributed by atoms with Gasteiger partial charge in [-0.15, -0.1) is 0 Å². The van der Waals surface area contributed by atoms with Gasteiger partial charge >= 0.3 is 0 Å². The SMILES string of the molecule is Cc1cc(C)c(CN)c(NC(CO)Cc2ccccc2)n1. The minimum absolute atomic E-state index is 0.0492. The number of nitrogens with zero attached hydrogens (tertiary/aromatic N) is 1. The molecule has 1 heterocycles. The fourth-order valence-electron chi connectivity index (χ4n) is 2.49. The van der Waals surface area contributed by atoms with Crippen LogP contribution in [-0.4, -0.2) is 22.7 Å². The van der Waals surface area contributed by atoms with Crippen LogP contribution in [0, 0.1) is 13.8 Å². The smallest absolute Gasteiger partial charge is 0.131 e. The van der Waals surface area contributed by atoms with Crippen LogP contribution < -0.4 is 11.1 Å². The number of aryl methyl sites for hydroxylation is 2. The van der Waals surface area contributed by atoms with Gasteiger partial charge in [0.2, 0.25) is 0 Å². The number of aromatic nitrogens is 1. The van der Waals surface area contributed by atoms with Crippen LogP contribution in [0.15, 0.2) is 36.4 Å². The van der Waals surface area contributed by atoms with Crippen LogP contribution in [0.5, 0.6) is 0 Å². The molecule has 0 spiro atoms. The average Bonchev–Trinajstić information content (AvgIpc) is 2.47. The van der Waals surface area contributed by atoms with Gasteiger partial charge in [-0.05, 0) is 37.5 Å². The zero-order valence-electron chi connectivity index (χ0n) is 12.6. The minimum Gasteiger partial charge on any atom is -0.394 e. The van der Waals surface area contributed by atoms with Gasteiger partial charge < -0.3 is 16.2 Å². The predicted molar refractivity (Wildman–Crippen MR) is 86.2 cm³/mol. The number of nitrogens with two attached hydrogens (primary N) is 1. The van der Waals surface area contributed by atoms with E-state index in [0.717, 1.165) is 29.1 Å². The summed E-state index contributed by atoms with van der Waals surface area (Å²) in [6, 6.07) is 12.1. The molecular formula is C17H23N3O. The molecule has 112 valence electrons. The Kier molecular flexibility index (Phi) is 5.31. The van der Waals surface area contributed by atoms with Crippen molar-refractivity contribution < 1.29 is 5.11 Å². The number of pyridine rings is 1. The lowest BCUT2D eigenvalue weighted by Crippen LogP contribution is -2.28. The number of benzene rings is 1. The van der Waals surface area contributed by atoms with E-state index >= 15 is 0 Å². The van der Waals surface area contributed by atoms with E-state index < -0.39 is 0 Å². The Balaban J connectivity index is 2.18. The number of nitrogens with one attached hydrogen (secondary N) is 1. The van der Waals surface area contributed by atoms with Gasteiger partial charge in [0.15, 0.2) is 0 Å². The third-order valence-corrected chi connectivity index (χ3v) is 3.57. The van der Waals surface area contributed by atoms with Gasteiger partial charge in [-0.25, -0.2) is 4.98 Å². The maximum Gasteiger partial charge on any atom is 0.131 e. The molecule has 0 amide bonds. The van der Waals surface area contributed by atoms with Gasteiger partial charge in [-0.1, -0.05) is 30.3 Å². The molecule has 4 nitrogen and oxygen atoms in total. The van der Waals surface area contributed by atoms with Crippen molar-refractivity contribution in [2.45, 2.75) is 32.9 Å². The maximum atomic E-state index is 9.63. The summed E-state index contributed by atoms with van der Waals surface area (Å²) in [6.45, 7) is 4.48. The average molecular weight is 285 g/mol. The van der Waals surface area contributed by atoms with E-state index in [2.05, 4.69) is 22.4 Å². The van der Waals surface area contributed by atoms with Crippen LogP contribution in [-0.2, 0) is 13.0 Å². The van der Waals surface area contributed by atoms with Crippen molar-refractivity contribution >= 4 is 5.82 Å². The highest BCUT2D eigenvalue weighted by molar-refractivity contribution is 5.50. The summed E-state index contributed by atoms with van der Waals surface area (Å²) in [7, 11) is 0. The summed E-state index contributed by atoms with van der Waals surface area (Å²) < 4.78 is 0. The molecule has 1 atom stereocenters. The second-order valence-electron chi connectivity index (χ2n) is 5.33. The van der Waals surface area contributed by atoms with Gasteiger partial charge in [0.1, 0.15) is 5.82 Å². The number of hydrogen-bond acceptors (Lipinski definition) is 4. The van der Waals surface area contributed by atoms with Gasteiger partial charge in [-0.3, -0.25) is 0 Å². The first-order valence-electron chi connectivity index (χ1n) is 7.22. The Hall–Kier alpha value is -1.91. The molecule has 1 aromatic carbocycles. The summed E-state index contributed by atoms with van der Waals surface area (Å²) in [6.07, 6.45) is 0.746. The molecular weight excluding hydrogens is 262 g/mol. The fraction of sp³-hybridized carbons (Fsp3) is 0.353. The summed E-state index contributed by atoms with van der Waals surface area (Å²) in [5.74, 6) is 0.782. The number of aliphatic hydroxyl groups is 1. The third kappa shape index (κ3) is 4.03. The lowest BCUT2D eigenvalue weighted by molar-refractivity contribution is 0.273. The van der Waals surface area contributed by atoms with Crippen molar-refractivity contribution in [3.8, 4) is 0 Å². The van der Waals surface area contributed by atoms with E-state index in [1.165, 1.54) is 5.56 Å². The van der Waals surface area contributed by atoms with Gasteiger partial charge in [0, 0.05) is 17.8 Å². The van der Waals surface area contributed by atoms with E-state index in [9.17, 15) is 5.11 Å². The molecule has 21 heavy (non-hydrogen) atoms. The van der Waals surface area contributed by atoms with Crippen molar-refractivity contribution in [2.24, 2.45) is 5.73 Å². The van der Waals surface area contributed by atoms with E-state index in [1.54, 1.807) is 0 Å². The summed E-state index contributed by atoms with van der Waals surface area (Å²) >= 11 is 0. The molecule has 0 aliphatic heterocycles. The highest BCUT2D eigenvalue weighted by Crippen LogP contribution is 2.19. The molecule has 2 aromatic rings. The monoisotopic (exact) mass is 285 g/mol. The van der Waals surface area contributed by atoms with E-state index in [-0.39, 0.29) is 12.6 Å². The lowest BCUT2D eigenvalue weighted by atomic mass is 10.1. The van der Waals surface area contributed by atoms with Crippen molar-refractivity contribution in [2.75, 3.05) is 11.9 Å². The van der Waals surface area contributed by atoms with Gasteiger partial charge in [-0.2, -0.15) is 0 Å². The molecule has 1 aromatic heterocycles. The molecule has 0 radical (unpaired) electrons. The van der Waals surface area contributed by atoms with Crippen LogP contribution in [0.25, 0.3) is 0 Å². The Morgan fingerprint density at radius 2 is 1.95 bits per heavy atom. The van der Waals surface area contributed by atoms with Crippen LogP contribution in [0.1, 0.15) is 22.4 Å². The van der Waals surface area contributed by atoms with E-state index in [4.69, 9.17) is 5.73 Å². The van der Waals surface area contributed by atoms with Crippen molar-refractivity contribution in [3.05, 3.63) is 58.8 Å². The van der Waals surface area contributed by atoms with Crippen molar-refractivity contribution in [3.63, 3.8) is 0 Å². The van der Waals surface area contributed by atoms with Crippen LogP contribution in [0.3, 0.4) is 0 Å². The zero-order chi connectivity index (χ0) is 15.2. The molecule has 4 heteroatoms. The lowest BCUT2D eigenvalue weighted by Gasteiger charge is -2.20. The predicted octanol–water partition coefficient (Wildman–Crippen LogP) is 2.17. The number of aliphatic hydroxyl groups excluding tert-OH is 1. The van der Waals surface area contributed by atoms with Crippen LogP contribution in [0.2, 0.25) is 0 Å². The summed E-state index contributed by atoms with van der Waals surface area (Å²) in [4.78, 5) is 4.53. The number of hydrogen-bond donors (Lipinski definition) is 3. The topological polar surface area (TPSA) is 71.2 Å². The van der Waals surface area contributed by atoms with Gasteiger partial charge in [0.05, 0.1) is 12.6 Å². The van der Waals surface area contributed by atoms with Crippen molar-refractivity contribution in [1.29, 1.82) is 0 Å². The van der Waals surface area contributed by atoms with Gasteiger partial charge in [0.25, 0.3) is 0 Å². The van der Waals surface area contributed by atoms with E-state index in [1.807, 2.05) is 38.1 Å². The van der Waals surface area contributed by atoms with Crippen LogP contribution >= 0.6 is 0 Å². The summed E-state index contributed by atoms with van der Waals surface area (Å²) in [5, 5.41) is 13.0.